The molecule has 30 heavy (non-hydrogen) atoms. The van der Waals surface area contributed by atoms with Crippen LogP contribution >= 0.6 is 0 Å². The molecule has 0 spiro atoms. The van der Waals surface area contributed by atoms with E-state index >= 15 is 0 Å². The SMILES string of the molecule is COc1ccc(CNC(=O)[C@H](C)OC(=O)COc2cccc3c2OC(C)(C)C3)cc1. The molecule has 1 aliphatic rings. The first-order valence-corrected chi connectivity index (χ1v) is 9.81. The molecule has 2 aromatic rings. The van der Waals surface area contributed by atoms with Crippen molar-refractivity contribution in [3.8, 4) is 17.2 Å². The van der Waals surface area contributed by atoms with Crippen molar-refractivity contribution in [2.45, 2.75) is 45.4 Å². The van der Waals surface area contributed by atoms with Gasteiger partial charge in [0, 0.05) is 18.5 Å². The van der Waals surface area contributed by atoms with Crippen molar-refractivity contribution in [2.24, 2.45) is 0 Å². The second kappa shape index (κ2) is 9.07. The zero-order valence-electron chi connectivity index (χ0n) is 17.7. The first-order valence-electron chi connectivity index (χ1n) is 9.81. The maximum Gasteiger partial charge on any atom is 0.344 e. The molecule has 0 radical (unpaired) electrons. The summed E-state index contributed by atoms with van der Waals surface area (Å²) in [5.74, 6) is 0.874. The average molecular weight is 413 g/mol. The van der Waals surface area contributed by atoms with Gasteiger partial charge in [0.1, 0.15) is 11.4 Å². The van der Waals surface area contributed by atoms with Crippen LogP contribution < -0.4 is 19.5 Å². The second-order valence-electron chi connectivity index (χ2n) is 7.77. The number of hydrogen-bond donors (Lipinski definition) is 1. The fourth-order valence-corrected chi connectivity index (χ4v) is 3.20. The largest absolute Gasteiger partial charge is 0.497 e. The average Bonchev–Trinajstić information content (AvgIpc) is 3.05. The van der Waals surface area contributed by atoms with Crippen LogP contribution in [0.4, 0.5) is 0 Å². The van der Waals surface area contributed by atoms with Gasteiger partial charge in [0.05, 0.1) is 7.11 Å². The summed E-state index contributed by atoms with van der Waals surface area (Å²) in [6.45, 7) is 5.53. The van der Waals surface area contributed by atoms with Crippen LogP contribution in [0.5, 0.6) is 17.2 Å². The van der Waals surface area contributed by atoms with Crippen LogP contribution in [0.1, 0.15) is 31.9 Å². The summed E-state index contributed by atoms with van der Waals surface area (Å²) in [6.07, 6.45) is -0.161. The molecule has 1 heterocycles. The van der Waals surface area contributed by atoms with Crippen molar-refractivity contribution in [1.82, 2.24) is 5.32 Å². The number of fused-ring (bicyclic) bond motifs is 1. The lowest BCUT2D eigenvalue weighted by atomic mass is 10.0. The Hall–Kier alpha value is -3.22. The second-order valence-corrected chi connectivity index (χ2v) is 7.77. The van der Waals surface area contributed by atoms with Crippen LogP contribution in [-0.2, 0) is 27.3 Å². The number of methoxy groups -OCH3 is 1. The molecule has 2 aromatic carbocycles. The molecular weight excluding hydrogens is 386 g/mol. The summed E-state index contributed by atoms with van der Waals surface area (Å²) >= 11 is 0. The lowest BCUT2D eigenvalue weighted by Gasteiger charge is -2.18. The predicted molar refractivity (Wildman–Crippen MR) is 111 cm³/mol. The Balaban J connectivity index is 1.46. The van der Waals surface area contributed by atoms with E-state index in [1.54, 1.807) is 13.2 Å². The van der Waals surface area contributed by atoms with E-state index in [1.165, 1.54) is 6.92 Å². The maximum absolute atomic E-state index is 12.2. The number of para-hydroxylation sites is 1. The molecule has 7 nitrogen and oxygen atoms in total. The topological polar surface area (TPSA) is 83.1 Å². The summed E-state index contributed by atoms with van der Waals surface area (Å²) in [5.41, 5.74) is 1.64. The Morgan fingerprint density at radius 3 is 2.60 bits per heavy atom. The molecule has 1 N–H and O–H groups in total. The minimum atomic E-state index is -0.934. The Kier molecular flexibility index (Phi) is 6.50. The van der Waals surface area contributed by atoms with Gasteiger partial charge in [-0.05, 0) is 44.5 Å². The molecule has 0 aromatic heterocycles. The number of hydrogen-bond acceptors (Lipinski definition) is 6. The lowest BCUT2D eigenvalue weighted by Crippen LogP contribution is -2.36. The van der Waals surface area contributed by atoms with Gasteiger partial charge in [0.25, 0.3) is 5.91 Å². The zero-order chi connectivity index (χ0) is 21.7. The highest BCUT2D eigenvalue weighted by Gasteiger charge is 2.32. The quantitative estimate of drug-likeness (QED) is 0.670. The van der Waals surface area contributed by atoms with E-state index in [4.69, 9.17) is 18.9 Å². The highest BCUT2D eigenvalue weighted by atomic mass is 16.6. The smallest absolute Gasteiger partial charge is 0.344 e. The minimum absolute atomic E-state index is 0.307. The van der Waals surface area contributed by atoms with Gasteiger partial charge in [0.15, 0.2) is 24.2 Å². The maximum atomic E-state index is 12.2. The molecule has 7 heteroatoms. The number of benzene rings is 2. The molecule has 0 fully saturated rings. The summed E-state index contributed by atoms with van der Waals surface area (Å²) in [6, 6.07) is 12.9. The van der Waals surface area contributed by atoms with Gasteiger partial charge in [0.2, 0.25) is 0 Å². The third-order valence-electron chi connectivity index (χ3n) is 4.70. The van der Waals surface area contributed by atoms with Gasteiger partial charge in [-0.1, -0.05) is 24.3 Å². The van der Waals surface area contributed by atoms with E-state index in [0.717, 1.165) is 23.3 Å². The van der Waals surface area contributed by atoms with Gasteiger partial charge in [-0.15, -0.1) is 0 Å². The summed E-state index contributed by atoms with van der Waals surface area (Å²) in [4.78, 5) is 24.3. The molecule has 0 saturated carbocycles. The van der Waals surface area contributed by atoms with E-state index in [0.29, 0.717) is 18.0 Å². The van der Waals surface area contributed by atoms with Crippen LogP contribution in [0.25, 0.3) is 0 Å². The normalized spacial score (nSPS) is 14.8. The van der Waals surface area contributed by atoms with E-state index < -0.39 is 12.1 Å². The van der Waals surface area contributed by atoms with Gasteiger partial charge >= 0.3 is 5.97 Å². The first kappa shape index (κ1) is 21.5. The molecule has 0 unspecified atom stereocenters. The number of carbonyl (C=O) groups excluding carboxylic acids is 2. The fraction of sp³-hybridized carbons (Fsp3) is 0.391. The third-order valence-corrected chi connectivity index (χ3v) is 4.70. The van der Waals surface area contributed by atoms with Crippen LogP contribution in [0, 0.1) is 0 Å². The molecule has 160 valence electrons. The molecular formula is C23H27NO6. The lowest BCUT2D eigenvalue weighted by molar-refractivity contribution is -0.156. The number of amides is 1. The Labute approximate surface area is 176 Å². The summed E-state index contributed by atoms with van der Waals surface area (Å²) < 4.78 is 21.8. The highest BCUT2D eigenvalue weighted by molar-refractivity contribution is 5.83. The van der Waals surface area contributed by atoms with Crippen molar-refractivity contribution in [1.29, 1.82) is 0 Å². The number of esters is 1. The fourth-order valence-electron chi connectivity index (χ4n) is 3.20. The Morgan fingerprint density at radius 2 is 1.90 bits per heavy atom. The van der Waals surface area contributed by atoms with Gasteiger partial charge in [-0.25, -0.2) is 4.79 Å². The van der Waals surface area contributed by atoms with Crippen LogP contribution in [-0.4, -0.2) is 37.3 Å². The van der Waals surface area contributed by atoms with Gasteiger partial charge < -0.3 is 24.3 Å². The molecule has 1 amide bonds. The van der Waals surface area contributed by atoms with Crippen molar-refractivity contribution in [2.75, 3.05) is 13.7 Å². The van der Waals surface area contributed by atoms with Gasteiger partial charge in [-0.2, -0.15) is 0 Å². The Bertz CT molecular complexity index is 906. The third kappa shape index (κ3) is 5.43. The standard InChI is InChI=1S/C23H27NO6/c1-15(22(26)24-13-16-8-10-18(27-4)11-9-16)29-20(25)14-28-19-7-5-6-17-12-23(2,3)30-21(17)19/h5-11,15H,12-14H2,1-4H3,(H,24,26)/t15-/m0/s1. The van der Waals surface area contributed by atoms with Crippen molar-refractivity contribution < 1.29 is 28.5 Å². The number of ether oxygens (including phenoxy) is 4. The molecule has 0 saturated heterocycles. The number of nitrogens with one attached hydrogen (secondary N) is 1. The van der Waals surface area contributed by atoms with Crippen LogP contribution in [0.2, 0.25) is 0 Å². The molecule has 0 aliphatic carbocycles. The van der Waals surface area contributed by atoms with Crippen LogP contribution in [0.3, 0.4) is 0 Å². The van der Waals surface area contributed by atoms with Crippen molar-refractivity contribution in [3.05, 3.63) is 53.6 Å². The molecule has 3 rings (SSSR count). The van der Waals surface area contributed by atoms with Crippen molar-refractivity contribution >= 4 is 11.9 Å². The number of rotatable bonds is 8. The Morgan fingerprint density at radius 1 is 1.17 bits per heavy atom. The van der Waals surface area contributed by atoms with E-state index in [2.05, 4.69) is 5.32 Å². The van der Waals surface area contributed by atoms with Gasteiger partial charge in [-0.3, -0.25) is 4.79 Å². The molecule has 0 bridgehead atoms. The van der Waals surface area contributed by atoms with E-state index in [1.807, 2.05) is 50.2 Å². The first-order chi connectivity index (χ1) is 14.3. The monoisotopic (exact) mass is 413 g/mol. The zero-order valence-corrected chi connectivity index (χ0v) is 17.7. The summed E-state index contributed by atoms with van der Waals surface area (Å²) in [7, 11) is 1.59. The van der Waals surface area contributed by atoms with Crippen LogP contribution in [0.15, 0.2) is 42.5 Å². The highest BCUT2D eigenvalue weighted by Crippen LogP contribution is 2.41. The minimum Gasteiger partial charge on any atom is -0.497 e. The molecule has 1 aliphatic heterocycles. The van der Waals surface area contributed by atoms with Crippen molar-refractivity contribution in [3.63, 3.8) is 0 Å². The van der Waals surface area contributed by atoms with E-state index in [9.17, 15) is 9.59 Å². The van der Waals surface area contributed by atoms with E-state index in [-0.39, 0.29) is 18.1 Å². The summed E-state index contributed by atoms with van der Waals surface area (Å²) in [5, 5.41) is 2.74. The number of carbonyl (C=O) groups is 2. The molecule has 1 atom stereocenters. The predicted octanol–water partition coefficient (Wildman–Crippen LogP) is 3.04.